The second kappa shape index (κ2) is 4.91. The predicted octanol–water partition coefficient (Wildman–Crippen LogP) is 2.93. The van der Waals surface area contributed by atoms with Gasteiger partial charge in [0.2, 0.25) is 0 Å². The van der Waals surface area contributed by atoms with Crippen LogP contribution in [0.2, 0.25) is 0 Å². The zero-order valence-electron chi connectivity index (χ0n) is 10.2. The van der Waals surface area contributed by atoms with Gasteiger partial charge in [0.25, 0.3) is 0 Å². The van der Waals surface area contributed by atoms with Crippen LogP contribution in [-0.4, -0.2) is 14.6 Å². The number of fused-ring (bicyclic) bond motifs is 1. The molecule has 3 nitrogen and oxygen atoms in total. The third-order valence-corrected chi connectivity index (χ3v) is 2.11. The third-order valence-electron chi connectivity index (χ3n) is 2.11. The molecule has 3 heteroatoms. The van der Waals surface area contributed by atoms with Gasteiger partial charge in [0.05, 0.1) is 0 Å². The van der Waals surface area contributed by atoms with Gasteiger partial charge >= 0.3 is 0 Å². The molecule has 0 aliphatic rings. The van der Waals surface area contributed by atoms with Crippen LogP contribution in [0.5, 0.6) is 0 Å². The van der Waals surface area contributed by atoms with Crippen molar-refractivity contribution in [1.82, 2.24) is 14.6 Å². The predicted molar refractivity (Wildman–Crippen MR) is 63.2 cm³/mol. The third kappa shape index (κ3) is 2.35. The Balaban J connectivity index is 0.000000531. The highest BCUT2D eigenvalue weighted by Gasteiger charge is 2.04. The Morgan fingerprint density at radius 2 is 1.93 bits per heavy atom. The number of pyridine rings is 1. The van der Waals surface area contributed by atoms with Crippen molar-refractivity contribution in [3.63, 3.8) is 0 Å². The summed E-state index contributed by atoms with van der Waals surface area (Å²) in [5, 5.41) is 4.36. The number of hydrogen-bond donors (Lipinski definition) is 0. The summed E-state index contributed by atoms with van der Waals surface area (Å²) in [6, 6.07) is 2.13. The highest BCUT2D eigenvalue weighted by molar-refractivity contribution is 5.47. The fraction of sp³-hybridized carbons (Fsp3) is 0.500. The van der Waals surface area contributed by atoms with Crippen molar-refractivity contribution in [2.75, 3.05) is 0 Å². The molecule has 0 aliphatic heterocycles. The van der Waals surface area contributed by atoms with Crippen molar-refractivity contribution in [2.45, 2.75) is 41.0 Å². The molecule has 0 fully saturated rings. The van der Waals surface area contributed by atoms with Crippen LogP contribution in [-0.2, 0) is 6.42 Å². The van der Waals surface area contributed by atoms with Crippen LogP contribution in [0.15, 0.2) is 12.3 Å². The van der Waals surface area contributed by atoms with Gasteiger partial charge < -0.3 is 0 Å². The lowest BCUT2D eigenvalue weighted by atomic mass is 10.2. The van der Waals surface area contributed by atoms with E-state index in [4.69, 9.17) is 0 Å². The average Bonchev–Trinajstić information content (AvgIpc) is 2.64. The first-order valence-electron chi connectivity index (χ1n) is 5.53. The SMILES string of the molecule is CC.CCc1nc2c(C)cc(C)cn2n1. The molecule has 0 saturated heterocycles. The summed E-state index contributed by atoms with van der Waals surface area (Å²) >= 11 is 0. The Labute approximate surface area is 91.2 Å². The summed E-state index contributed by atoms with van der Waals surface area (Å²) in [5.41, 5.74) is 3.38. The van der Waals surface area contributed by atoms with E-state index >= 15 is 0 Å². The van der Waals surface area contributed by atoms with Crippen LogP contribution >= 0.6 is 0 Å². The smallest absolute Gasteiger partial charge is 0.158 e. The van der Waals surface area contributed by atoms with Crippen molar-refractivity contribution < 1.29 is 0 Å². The quantitative estimate of drug-likeness (QED) is 0.716. The Kier molecular flexibility index (Phi) is 3.83. The number of nitrogens with zero attached hydrogens (tertiary/aromatic N) is 3. The van der Waals surface area contributed by atoms with Crippen molar-refractivity contribution >= 4 is 5.65 Å². The summed E-state index contributed by atoms with van der Waals surface area (Å²) in [5.74, 6) is 0.911. The van der Waals surface area contributed by atoms with E-state index in [0.29, 0.717) is 0 Å². The van der Waals surface area contributed by atoms with Gasteiger partial charge in [-0.2, -0.15) is 5.10 Å². The monoisotopic (exact) mass is 205 g/mol. The second-order valence-corrected chi connectivity index (χ2v) is 3.35. The minimum absolute atomic E-state index is 0.889. The Hall–Kier alpha value is -1.38. The van der Waals surface area contributed by atoms with E-state index < -0.39 is 0 Å². The van der Waals surface area contributed by atoms with E-state index in [1.807, 2.05) is 24.6 Å². The molecule has 2 aromatic rings. The van der Waals surface area contributed by atoms with Crippen LogP contribution in [0.3, 0.4) is 0 Å². The molecule has 0 bridgehead atoms. The summed E-state index contributed by atoms with van der Waals surface area (Å²) < 4.78 is 1.86. The molecule has 0 aliphatic carbocycles. The van der Waals surface area contributed by atoms with Crippen LogP contribution in [0.1, 0.15) is 37.7 Å². The van der Waals surface area contributed by atoms with E-state index in [0.717, 1.165) is 17.9 Å². The van der Waals surface area contributed by atoms with Crippen molar-refractivity contribution in [2.24, 2.45) is 0 Å². The summed E-state index contributed by atoms with van der Waals surface area (Å²) in [6.07, 6.45) is 2.90. The lowest BCUT2D eigenvalue weighted by molar-refractivity contribution is 0.880. The normalized spacial score (nSPS) is 9.93. The maximum absolute atomic E-state index is 4.42. The molecule has 0 radical (unpaired) electrons. The van der Waals surface area contributed by atoms with Gasteiger partial charge in [-0.3, -0.25) is 0 Å². The van der Waals surface area contributed by atoms with Crippen LogP contribution in [0.25, 0.3) is 5.65 Å². The summed E-state index contributed by atoms with van der Waals surface area (Å²) in [7, 11) is 0. The fourth-order valence-electron chi connectivity index (χ4n) is 1.51. The van der Waals surface area contributed by atoms with E-state index in [1.54, 1.807) is 0 Å². The van der Waals surface area contributed by atoms with Crippen LogP contribution in [0.4, 0.5) is 0 Å². The Bertz CT molecular complexity index is 443. The van der Waals surface area contributed by atoms with Gasteiger partial charge in [-0.15, -0.1) is 0 Å². The van der Waals surface area contributed by atoms with Gasteiger partial charge in [0, 0.05) is 12.6 Å². The van der Waals surface area contributed by atoms with Crippen LogP contribution < -0.4 is 0 Å². The maximum Gasteiger partial charge on any atom is 0.158 e. The molecule has 0 atom stereocenters. The molecule has 0 N–H and O–H groups in total. The zero-order valence-corrected chi connectivity index (χ0v) is 10.2. The van der Waals surface area contributed by atoms with Crippen molar-refractivity contribution in [1.29, 1.82) is 0 Å². The molecule has 2 rings (SSSR count). The maximum atomic E-state index is 4.42. The van der Waals surface area contributed by atoms with E-state index in [-0.39, 0.29) is 0 Å². The van der Waals surface area contributed by atoms with E-state index in [9.17, 15) is 0 Å². The molecule has 2 heterocycles. The molecule has 15 heavy (non-hydrogen) atoms. The second-order valence-electron chi connectivity index (χ2n) is 3.35. The number of rotatable bonds is 1. The largest absolute Gasteiger partial charge is 0.220 e. The standard InChI is InChI=1S/C10H13N3.C2H6/c1-4-9-11-10-8(3)5-7(2)6-13(10)12-9;1-2/h5-6H,4H2,1-3H3;1-2H3. The number of hydrogen-bond acceptors (Lipinski definition) is 2. The molecule has 0 unspecified atom stereocenters. The fourth-order valence-corrected chi connectivity index (χ4v) is 1.51. The average molecular weight is 205 g/mol. The molecule has 0 aromatic carbocycles. The molecule has 0 spiro atoms. The minimum atomic E-state index is 0.889. The summed E-state index contributed by atoms with van der Waals surface area (Å²) in [4.78, 5) is 4.42. The highest BCUT2D eigenvalue weighted by atomic mass is 15.3. The highest BCUT2D eigenvalue weighted by Crippen LogP contribution is 2.10. The first kappa shape index (κ1) is 11.7. The topological polar surface area (TPSA) is 30.2 Å². The Morgan fingerprint density at radius 3 is 2.53 bits per heavy atom. The lowest BCUT2D eigenvalue weighted by Crippen LogP contribution is -1.91. The molecular weight excluding hydrogens is 186 g/mol. The molecule has 2 aromatic heterocycles. The first-order chi connectivity index (χ1) is 7.20. The minimum Gasteiger partial charge on any atom is -0.220 e. The van der Waals surface area contributed by atoms with Crippen molar-refractivity contribution in [3.8, 4) is 0 Å². The molecule has 0 amide bonds. The lowest BCUT2D eigenvalue weighted by Gasteiger charge is -1.97. The molecular formula is C12H19N3. The van der Waals surface area contributed by atoms with Gasteiger partial charge in [-0.05, 0) is 25.0 Å². The van der Waals surface area contributed by atoms with Crippen molar-refractivity contribution in [3.05, 3.63) is 29.2 Å². The van der Waals surface area contributed by atoms with Gasteiger partial charge in [-0.25, -0.2) is 9.50 Å². The van der Waals surface area contributed by atoms with Gasteiger partial charge in [-0.1, -0.05) is 26.8 Å². The number of aromatic nitrogens is 3. The van der Waals surface area contributed by atoms with E-state index in [1.165, 1.54) is 11.1 Å². The van der Waals surface area contributed by atoms with Gasteiger partial charge in [0.15, 0.2) is 11.5 Å². The van der Waals surface area contributed by atoms with Gasteiger partial charge in [0.1, 0.15) is 0 Å². The number of aryl methyl sites for hydroxylation is 3. The summed E-state index contributed by atoms with van der Waals surface area (Å²) in [6.45, 7) is 10.2. The Morgan fingerprint density at radius 1 is 1.27 bits per heavy atom. The zero-order chi connectivity index (χ0) is 11.4. The molecule has 82 valence electrons. The van der Waals surface area contributed by atoms with E-state index in [2.05, 4.69) is 36.9 Å². The van der Waals surface area contributed by atoms with Crippen LogP contribution in [0, 0.1) is 13.8 Å². The first-order valence-corrected chi connectivity index (χ1v) is 5.53. The molecule has 0 saturated carbocycles.